The third-order valence-electron chi connectivity index (χ3n) is 1.90. The van der Waals surface area contributed by atoms with E-state index in [1.54, 1.807) is 0 Å². The van der Waals surface area contributed by atoms with Crippen molar-refractivity contribution in [2.24, 2.45) is 0 Å². The molecule has 0 fully saturated rings. The Kier molecular flexibility index (Phi) is 1.83. The van der Waals surface area contributed by atoms with Crippen LogP contribution in [0.1, 0.15) is 12.2 Å². The maximum atomic E-state index is 10.7. The van der Waals surface area contributed by atoms with Crippen molar-refractivity contribution in [1.82, 2.24) is 10.5 Å². The van der Waals surface area contributed by atoms with Crippen molar-refractivity contribution in [2.45, 2.75) is 6.42 Å². The number of rotatable bonds is 1. The molecular weight excluding hydrogens is 156 g/mol. The molecule has 0 radical (unpaired) electrons. The third-order valence-corrected chi connectivity index (χ3v) is 1.90. The van der Waals surface area contributed by atoms with Gasteiger partial charge in [-0.05, 0) is 18.5 Å². The van der Waals surface area contributed by atoms with Gasteiger partial charge in [0.25, 0.3) is 5.56 Å². The summed E-state index contributed by atoms with van der Waals surface area (Å²) in [6.07, 6.45) is 2.95. The fourth-order valence-electron chi connectivity index (χ4n) is 1.29. The highest BCUT2D eigenvalue weighted by molar-refractivity contribution is 5.61. The van der Waals surface area contributed by atoms with Gasteiger partial charge in [0.2, 0.25) is 0 Å². The van der Waals surface area contributed by atoms with E-state index in [-0.39, 0.29) is 5.56 Å². The Morgan fingerprint density at radius 1 is 1.50 bits per heavy atom. The average Bonchev–Trinajstić information content (AvgIpc) is 2.54. The van der Waals surface area contributed by atoms with E-state index < -0.39 is 0 Å². The molecule has 0 aromatic carbocycles. The molecule has 2 N–H and O–H groups in total. The topological polar surface area (TPSA) is 58.0 Å². The molecule has 0 unspecified atom stereocenters. The summed E-state index contributed by atoms with van der Waals surface area (Å²) < 4.78 is 4.97. The lowest BCUT2D eigenvalue weighted by molar-refractivity contribution is 0.402. The molecule has 1 aromatic rings. The number of aromatic amines is 1. The van der Waals surface area contributed by atoms with Gasteiger partial charge in [-0.1, -0.05) is 6.08 Å². The van der Waals surface area contributed by atoms with Crippen LogP contribution in [0, 0.1) is 0 Å². The lowest BCUT2D eigenvalue weighted by Crippen LogP contribution is -2.19. The first-order chi connectivity index (χ1) is 5.86. The Balaban J connectivity index is 2.29. The van der Waals surface area contributed by atoms with Gasteiger partial charge in [0, 0.05) is 6.54 Å². The summed E-state index contributed by atoms with van der Waals surface area (Å²) >= 11 is 0. The standard InChI is InChI=1S/C8H10N2O2/c11-8-5-7(12-10-8)6-1-3-9-4-2-6/h1,5,9H,2-4H2,(H,10,11). The number of nitrogens with one attached hydrogen (secondary N) is 2. The van der Waals surface area contributed by atoms with Gasteiger partial charge in [-0.2, -0.15) is 5.16 Å². The highest BCUT2D eigenvalue weighted by Crippen LogP contribution is 2.16. The summed E-state index contributed by atoms with van der Waals surface area (Å²) in [6.45, 7) is 1.80. The van der Waals surface area contributed by atoms with Crippen LogP contribution in [0.2, 0.25) is 0 Å². The van der Waals surface area contributed by atoms with Crippen molar-refractivity contribution in [3.63, 3.8) is 0 Å². The van der Waals surface area contributed by atoms with Gasteiger partial charge in [-0.15, -0.1) is 0 Å². The summed E-state index contributed by atoms with van der Waals surface area (Å²) in [4.78, 5) is 10.7. The fraction of sp³-hybridized carbons (Fsp3) is 0.375. The summed E-state index contributed by atoms with van der Waals surface area (Å²) in [7, 11) is 0. The Bertz CT molecular complexity index is 348. The fourth-order valence-corrected chi connectivity index (χ4v) is 1.29. The Labute approximate surface area is 69.2 Å². The smallest absolute Gasteiger partial charge is 0.280 e. The molecule has 0 spiro atoms. The van der Waals surface area contributed by atoms with Crippen LogP contribution in [0.3, 0.4) is 0 Å². The Morgan fingerprint density at radius 2 is 2.42 bits per heavy atom. The second-order valence-corrected chi connectivity index (χ2v) is 2.76. The molecule has 1 aliphatic rings. The van der Waals surface area contributed by atoms with Crippen molar-refractivity contribution >= 4 is 5.57 Å². The van der Waals surface area contributed by atoms with E-state index >= 15 is 0 Å². The van der Waals surface area contributed by atoms with E-state index in [2.05, 4.69) is 10.5 Å². The van der Waals surface area contributed by atoms with Crippen LogP contribution >= 0.6 is 0 Å². The SMILES string of the molecule is O=c1cc(C2=CCNCC2)o[nH]1. The highest BCUT2D eigenvalue weighted by atomic mass is 16.5. The van der Waals surface area contributed by atoms with Gasteiger partial charge in [-0.3, -0.25) is 4.79 Å². The minimum atomic E-state index is -0.176. The predicted molar refractivity (Wildman–Crippen MR) is 44.8 cm³/mol. The maximum Gasteiger partial charge on any atom is 0.280 e. The summed E-state index contributed by atoms with van der Waals surface area (Å²) in [6, 6.07) is 1.48. The summed E-state index contributed by atoms with van der Waals surface area (Å²) in [5, 5.41) is 5.46. The molecular formula is C8H10N2O2. The zero-order valence-electron chi connectivity index (χ0n) is 6.59. The van der Waals surface area contributed by atoms with Crippen LogP contribution in [0.5, 0.6) is 0 Å². The zero-order chi connectivity index (χ0) is 8.39. The Morgan fingerprint density at radius 3 is 3.00 bits per heavy atom. The van der Waals surface area contributed by atoms with Gasteiger partial charge < -0.3 is 9.84 Å². The molecule has 0 atom stereocenters. The molecule has 1 aliphatic heterocycles. The number of aromatic nitrogens is 1. The molecule has 0 aliphatic carbocycles. The van der Waals surface area contributed by atoms with E-state index in [1.165, 1.54) is 6.07 Å². The second-order valence-electron chi connectivity index (χ2n) is 2.76. The molecule has 2 heterocycles. The normalized spacial score (nSPS) is 17.5. The first-order valence-electron chi connectivity index (χ1n) is 3.95. The summed E-state index contributed by atoms with van der Waals surface area (Å²) in [5.41, 5.74) is 0.927. The molecule has 4 heteroatoms. The molecule has 0 bridgehead atoms. The molecule has 0 saturated heterocycles. The quantitative estimate of drug-likeness (QED) is 0.632. The first kappa shape index (κ1) is 7.36. The Hall–Kier alpha value is -1.29. The van der Waals surface area contributed by atoms with Crippen molar-refractivity contribution in [3.05, 3.63) is 28.3 Å². The number of hydrogen-bond acceptors (Lipinski definition) is 3. The van der Waals surface area contributed by atoms with Gasteiger partial charge in [-0.25, -0.2) is 0 Å². The lowest BCUT2D eigenvalue weighted by atomic mass is 10.1. The van der Waals surface area contributed by atoms with E-state index in [4.69, 9.17) is 4.52 Å². The number of hydrogen-bond donors (Lipinski definition) is 2. The van der Waals surface area contributed by atoms with Crippen LogP contribution in [0.4, 0.5) is 0 Å². The largest absolute Gasteiger partial charge is 0.379 e. The molecule has 0 amide bonds. The van der Waals surface area contributed by atoms with Gasteiger partial charge in [0.05, 0.1) is 6.07 Å². The molecule has 0 saturated carbocycles. The second kappa shape index (κ2) is 2.98. The first-order valence-corrected chi connectivity index (χ1v) is 3.95. The molecule has 4 nitrogen and oxygen atoms in total. The van der Waals surface area contributed by atoms with E-state index in [1.807, 2.05) is 6.08 Å². The van der Waals surface area contributed by atoms with E-state index in [0.29, 0.717) is 5.76 Å². The third kappa shape index (κ3) is 1.33. The van der Waals surface area contributed by atoms with Crippen molar-refractivity contribution in [1.29, 1.82) is 0 Å². The van der Waals surface area contributed by atoms with Crippen LogP contribution in [-0.4, -0.2) is 18.2 Å². The van der Waals surface area contributed by atoms with Crippen LogP contribution in [0.25, 0.3) is 5.57 Å². The monoisotopic (exact) mass is 166 g/mol. The lowest BCUT2D eigenvalue weighted by Gasteiger charge is -2.10. The highest BCUT2D eigenvalue weighted by Gasteiger charge is 2.09. The van der Waals surface area contributed by atoms with Crippen LogP contribution < -0.4 is 10.9 Å². The molecule has 2 rings (SSSR count). The van der Waals surface area contributed by atoms with Crippen LogP contribution in [-0.2, 0) is 0 Å². The van der Waals surface area contributed by atoms with Gasteiger partial charge >= 0.3 is 0 Å². The van der Waals surface area contributed by atoms with Crippen molar-refractivity contribution in [3.8, 4) is 0 Å². The zero-order valence-corrected chi connectivity index (χ0v) is 6.59. The maximum absolute atomic E-state index is 10.7. The molecule has 12 heavy (non-hydrogen) atoms. The molecule has 1 aromatic heterocycles. The minimum absolute atomic E-state index is 0.176. The van der Waals surface area contributed by atoms with Crippen molar-refractivity contribution in [2.75, 3.05) is 13.1 Å². The van der Waals surface area contributed by atoms with E-state index in [9.17, 15) is 4.79 Å². The van der Waals surface area contributed by atoms with Crippen LogP contribution in [0.15, 0.2) is 21.5 Å². The average molecular weight is 166 g/mol. The van der Waals surface area contributed by atoms with E-state index in [0.717, 1.165) is 25.1 Å². The number of H-pyrrole nitrogens is 1. The minimum Gasteiger partial charge on any atom is -0.379 e. The van der Waals surface area contributed by atoms with Gasteiger partial charge in [0.1, 0.15) is 0 Å². The predicted octanol–water partition coefficient (Wildman–Crippen LogP) is 0.345. The molecule has 64 valence electrons. The van der Waals surface area contributed by atoms with Crippen molar-refractivity contribution < 1.29 is 4.52 Å². The summed E-state index contributed by atoms with van der Waals surface area (Å²) in [5.74, 6) is 0.668. The van der Waals surface area contributed by atoms with Gasteiger partial charge in [0.15, 0.2) is 5.76 Å².